The van der Waals surface area contributed by atoms with E-state index in [1.165, 1.54) is 50.0 Å². The van der Waals surface area contributed by atoms with E-state index in [0.29, 0.717) is 0 Å². The van der Waals surface area contributed by atoms with Crippen LogP contribution in [0.2, 0.25) is 0 Å². The normalized spacial score (nSPS) is 17.9. The molecule has 0 amide bonds. The van der Waals surface area contributed by atoms with Crippen LogP contribution < -0.4 is 15.5 Å². The van der Waals surface area contributed by atoms with Gasteiger partial charge in [0.05, 0.1) is 6.04 Å². The molecule has 1 saturated carbocycles. The van der Waals surface area contributed by atoms with Crippen LogP contribution in [0.1, 0.15) is 57.6 Å². The van der Waals surface area contributed by atoms with Crippen LogP contribution in [-0.2, 0) is 4.74 Å². The van der Waals surface area contributed by atoms with Gasteiger partial charge in [-0.15, -0.1) is 24.0 Å². The van der Waals surface area contributed by atoms with E-state index in [9.17, 15) is 0 Å². The summed E-state index contributed by atoms with van der Waals surface area (Å²) in [5.41, 5.74) is 2.64. The Hall–Kier alpha value is -1.02. The maximum absolute atomic E-state index is 5.70. The van der Waals surface area contributed by atoms with E-state index in [1.54, 1.807) is 0 Å². The van der Waals surface area contributed by atoms with Gasteiger partial charge in [-0.3, -0.25) is 4.99 Å². The number of aliphatic imine (C=N–C) groups is 1. The lowest BCUT2D eigenvalue weighted by molar-refractivity contribution is 0.123. The largest absolute Gasteiger partial charge is 0.381 e. The highest BCUT2D eigenvalue weighted by Gasteiger charge is 2.20. The predicted octanol–water partition coefficient (Wildman–Crippen LogP) is 4.34. The van der Waals surface area contributed by atoms with Crippen molar-refractivity contribution >= 4 is 35.6 Å². The molecule has 28 heavy (non-hydrogen) atoms. The zero-order chi connectivity index (χ0) is 18.9. The lowest BCUT2D eigenvalue weighted by atomic mass is 10.1. The lowest BCUT2D eigenvalue weighted by Crippen LogP contribution is -2.38. The number of hydrogen-bond donors (Lipinski definition) is 2. The molecule has 158 valence electrons. The molecule has 1 aliphatic heterocycles. The van der Waals surface area contributed by atoms with Crippen LogP contribution in [0.5, 0.6) is 0 Å². The van der Waals surface area contributed by atoms with Gasteiger partial charge in [0.25, 0.3) is 0 Å². The van der Waals surface area contributed by atoms with Crippen molar-refractivity contribution in [3.8, 4) is 0 Å². The van der Waals surface area contributed by atoms with E-state index < -0.39 is 0 Å². The number of halogens is 1. The first kappa shape index (κ1) is 23.3. The van der Waals surface area contributed by atoms with Gasteiger partial charge in [0.1, 0.15) is 0 Å². The van der Waals surface area contributed by atoms with Crippen LogP contribution in [0.3, 0.4) is 0 Å². The van der Waals surface area contributed by atoms with Crippen LogP contribution in [0.4, 0.5) is 5.69 Å². The standard InChI is InChI=1S/C22H36N4O.HI/c1-3-23-22(24-12-7-15-27-17-19-10-11-19)25-18(2)20-8-6-9-21(16-20)26-13-4-5-14-26;/h6,8-9,16,18-19H,3-5,7,10-15,17H2,1-2H3,(H2,23,24,25);1H. The van der Waals surface area contributed by atoms with Crippen molar-refractivity contribution in [2.75, 3.05) is 44.3 Å². The summed E-state index contributed by atoms with van der Waals surface area (Å²) in [5.74, 6) is 1.73. The fraction of sp³-hybridized carbons (Fsp3) is 0.682. The molecule has 6 heteroatoms. The van der Waals surface area contributed by atoms with E-state index in [1.807, 2.05) is 0 Å². The Morgan fingerprint density at radius 1 is 1.29 bits per heavy atom. The summed E-state index contributed by atoms with van der Waals surface area (Å²) in [4.78, 5) is 7.20. The Bertz CT molecular complexity index is 600. The van der Waals surface area contributed by atoms with E-state index in [-0.39, 0.29) is 30.0 Å². The molecular weight excluding hydrogens is 463 g/mol. The first-order chi connectivity index (χ1) is 13.3. The molecule has 1 aromatic carbocycles. The van der Waals surface area contributed by atoms with Crippen molar-refractivity contribution in [3.63, 3.8) is 0 Å². The fourth-order valence-corrected chi connectivity index (χ4v) is 3.47. The Morgan fingerprint density at radius 3 is 2.79 bits per heavy atom. The molecule has 0 bridgehead atoms. The molecule has 0 aromatic heterocycles. The SMILES string of the molecule is CCNC(=NCCCOCC1CC1)NC(C)c1cccc(N2CCCC2)c1.I. The molecule has 1 saturated heterocycles. The van der Waals surface area contributed by atoms with Gasteiger partial charge in [-0.05, 0) is 69.6 Å². The van der Waals surface area contributed by atoms with Crippen LogP contribution in [0.25, 0.3) is 0 Å². The minimum atomic E-state index is 0. The number of benzene rings is 1. The molecule has 0 spiro atoms. The zero-order valence-electron chi connectivity index (χ0n) is 17.5. The van der Waals surface area contributed by atoms with Crippen molar-refractivity contribution in [3.05, 3.63) is 29.8 Å². The molecule has 1 heterocycles. The molecular formula is C22H37IN4O. The van der Waals surface area contributed by atoms with Crippen molar-refractivity contribution in [2.45, 2.75) is 52.0 Å². The summed E-state index contributed by atoms with van der Waals surface area (Å²) in [7, 11) is 0. The summed E-state index contributed by atoms with van der Waals surface area (Å²) >= 11 is 0. The Morgan fingerprint density at radius 2 is 2.07 bits per heavy atom. The number of anilines is 1. The Labute approximate surface area is 187 Å². The molecule has 0 radical (unpaired) electrons. The average molecular weight is 500 g/mol. The second-order valence-corrected chi connectivity index (χ2v) is 7.79. The zero-order valence-corrected chi connectivity index (χ0v) is 19.8. The maximum Gasteiger partial charge on any atom is 0.191 e. The van der Waals surface area contributed by atoms with Gasteiger partial charge in [0.15, 0.2) is 5.96 Å². The van der Waals surface area contributed by atoms with Crippen LogP contribution in [0.15, 0.2) is 29.3 Å². The third kappa shape index (κ3) is 7.78. The fourth-order valence-electron chi connectivity index (χ4n) is 3.47. The second-order valence-electron chi connectivity index (χ2n) is 7.79. The smallest absolute Gasteiger partial charge is 0.191 e. The first-order valence-electron chi connectivity index (χ1n) is 10.7. The number of nitrogens with zero attached hydrogens (tertiary/aromatic N) is 2. The summed E-state index contributed by atoms with van der Waals surface area (Å²) in [6.07, 6.45) is 6.29. The summed E-state index contributed by atoms with van der Waals surface area (Å²) in [6.45, 7) is 10.1. The predicted molar refractivity (Wildman–Crippen MR) is 129 cm³/mol. The monoisotopic (exact) mass is 500 g/mol. The van der Waals surface area contributed by atoms with E-state index in [2.05, 4.69) is 53.6 Å². The van der Waals surface area contributed by atoms with Crippen molar-refractivity contribution in [1.82, 2.24) is 10.6 Å². The van der Waals surface area contributed by atoms with Crippen LogP contribution >= 0.6 is 24.0 Å². The number of hydrogen-bond acceptors (Lipinski definition) is 3. The third-order valence-corrected chi connectivity index (χ3v) is 5.31. The van der Waals surface area contributed by atoms with Gasteiger partial charge < -0.3 is 20.3 Å². The van der Waals surface area contributed by atoms with E-state index in [4.69, 9.17) is 9.73 Å². The van der Waals surface area contributed by atoms with Gasteiger partial charge in [-0.2, -0.15) is 0 Å². The Kier molecular flexibility index (Phi) is 10.4. The summed E-state index contributed by atoms with van der Waals surface area (Å²) < 4.78 is 5.70. The van der Waals surface area contributed by atoms with Gasteiger partial charge in [-0.1, -0.05) is 12.1 Å². The van der Waals surface area contributed by atoms with Gasteiger partial charge >= 0.3 is 0 Å². The molecule has 1 atom stereocenters. The number of guanidine groups is 1. The highest BCUT2D eigenvalue weighted by Crippen LogP contribution is 2.28. The average Bonchev–Trinajstić information content (AvgIpc) is 3.34. The first-order valence-corrected chi connectivity index (χ1v) is 10.7. The van der Waals surface area contributed by atoms with Crippen molar-refractivity contribution in [2.24, 2.45) is 10.9 Å². The quantitative estimate of drug-likeness (QED) is 0.217. The minimum absolute atomic E-state index is 0. The van der Waals surface area contributed by atoms with Gasteiger partial charge in [-0.25, -0.2) is 0 Å². The molecule has 1 aliphatic carbocycles. The lowest BCUT2D eigenvalue weighted by Gasteiger charge is -2.22. The molecule has 2 fully saturated rings. The molecule has 2 N–H and O–H groups in total. The molecule has 5 nitrogen and oxygen atoms in total. The molecule has 2 aliphatic rings. The number of rotatable bonds is 10. The van der Waals surface area contributed by atoms with Crippen LogP contribution in [-0.4, -0.2) is 45.4 Å². The van der Waals surface area contributed by atoms with E-state index in [0.717, 1.165) is 44.6 Å². The van der Waals surface area contributed by atoms with Crippen LogP contribution in [0, 0.1) is 5.92 Å². The van der Waals surface area contributed by atoms with Gasteiger partial charge in [0.2, 0.25) is 0 Å². The highest BCUT2D eigenvalue weighted by molar-refractivity contribution is 14.0. The number of ether oxygens (including phenoxy) is 1. The summed E-state index contributed by atoms with van der Waals surface area (Å²) in [6, 6.07) is 9.13. The van der Waals surface area contributed by atoms with Crippen molar-refractivity contribution in [1.29, 1.82) is 0 Å². The topological polar surface area (TPSA) is 48.9 Å². The molecule has 1 unspecified atom stereocenters. The number of nitrogens with one attached hydrogen (secondary N) is 2. The van der Waals surface area contributed by atoms with Crippen molar-refractivity contribution < 1.29 is 4.74 Å². The Balaban J connectivity index is 0.00000280. The highest BCUT2D eigenvalue weighted by atomic mass is 127. The third-order valence-electron chi connectivity index (χ3n) is 5.31. The molecule has 1 aromatic rings. The maximum atomic E-state index is 5.70. The van der Waals surface area contributed by atoms with E-state index >= 15 is 0 Å². The van der Waals surface area contributed by atoms with Gasteiger partial charge in [0, 0.05) is 45.1 Å². The molecule has 3 rings (SSSR count). The second kappa shape index (κ2) is 12.5. The summed E-state index contributed by atoms with van der Waals surface area (Å²) in [5, 5.41) is 6.91. The minimum Gasteiger partial charge on any atom is -0.381 e.